The van der Waals surface area contributed by atoms with E-state index >= 15 is 0 Å². The fraction of sp³-hybridized carbons (Fsp3) is 0.654. The molecular formula is C26H37N5O9S. The predicted molar refractivity (Wildman–Crippen MR) is 144 cm³/mol. The lowest BCUT2D eigenvalue weighted by Gasteiger charge is -2.40. The van der Waals surface area contributed by atoms with Gasteiger partial charge in [-0.3, -0.25) is 19.3 Å². The fourth-order valence-corrected chi connectivity index (χ4v) is 7.22. The van der Waals surface area contributed by atoms with Crippen molar-refractivity contribution in [2.75, 3.05) is 46.1 Å². The van der Waals surface area contributed by atoms with Gasteiger partial charge in [-0.2, -0.15) is 4.31 Å². The molecule has 1 aromatic carbocycles. The number of carbonyl (C=O) groups is 3. The van der Waals surface area contributed by atoms with Crippen LogP contribution in [-0.4, -0.2) is 139 Å². The number of aliphatic hydroxyl groups excluding tert-OH is 2. The minimum Gasteiger partial charge on any atom is -0.497 e. The van der Waals surface area contributed by atoms with E-state index in [1.807, 2.05) is 29.2 Å². The maximum absolute atomic E-state index is 13.9. The van der Waals surface area contributed by atoms with Gasteiger partial charge in [-0.05, 0) is 24.1 Å². The third-order valence-corrected chi connectivity index (χ3v) is 9.56. The minimum atomic E-state index is -3.78. The van der Waals surface area contributed by atoms with Crippen molar-refractivity contribution in [3.05, 3.63) is 29.8 Å². The molecule has 7 atom stereocenters. The Hall–Kier alpha value is -2.82. The summed E-state index contributed by atoms with van der Waals surface area (Å²) in [6.45, 7) is 0.440. The van der Waals surface area contributed by atoms with Gasteiger partial charge in [0.15, 0.2) is 0 Å². The molecule has 3 amide bonds. The van der Waals surface area contributed by atoms with E-state index in [9.17, 15) is 33.0 Å². The van der Waals surface area contributed by atoms with Crippen LogP contribution in [0.5, 0.6) is 5.75 Å². The van der Waals surface area contributed by atoms with E-state index in [0.29, 0.717) is 25.3 Å². The standard InChI is InChI=1S/C26H37N5O9S/c1-39-17-5-3-4-15(8-17)12-30-13-16-9-18(30)26(36)29-6-7-31(41(2,37)38)19(14-29)25(35)27-11-21-24(34)23(33)20(40-21)10-22(32)28-16/h3-5,8,16,18-21,23-24,33-34H,6-7,9-14H2,1-2H3,(H,27,35)(H,28,32)/t16-,18-,19-,20-,21+,23-,24+/m0/s1. The molecule has 4 heterocycles. The van der Waals surface area contributed by atoms with Crippen LogP contribution < -0.4 is 15.4 Å². The average molecular weight is 596 g/mol. The van der Waals surface area contributed by atoms with E-state index in [2.05, 4.69) is 10.6 Å². The van der Waals surface area contributed by atoms with Gasteiger partial charge in [-0.15, -0.1) is 0 Å². The Morgan fingerprint density at radius 2 is 1.83 bits per heavy atom. The number of ether oxygens (including phenoxy) is 2. The largest absolute Gasteiger partial charge is 0.497 e. The Bertz CT molecular complexity index is 1280. The first-order chi connectivity index (χ1) is 19.4. The summed E-state index contributed by atoms with van der Waals surface area (Å²) in [6.07, 6.45) is -3.60. The molecule has 5 rings (SSSR count). The molecule has 0 aliphatic carbocycles. The number of methoxy groups -OCH3 is 1. The van der Waals surface area contributed by atoms with E-state index < -0.39 is 52.4 Å². The second-order valence-corrected chi connectivity index (χ2v) is 13.0. The lowest BCUT2D eigenvalue weighted by Crippen LogP contribution is -2.63. The summed E-state index contributed by atoms with van der Waals surface area (Å²) in [4.78, 5) is 43.6. The summed E-state index contributed by atoms with van der Waals surface area (Å²) in [5.74, 6) is -0.624. The van der Waals surface area contributed by atoms with Gasteiger partial charge >= 0.3 is 0 Å². The Kier molecular flexibility index (Phi) is 8.55. The van der Waals surface area contributed by atoms with Crippen molar-refractivity contribution in [3.63, 3.8) is 0 Å². The first-order valence-electron chi connectivity index (χ1n) is 13.7. The number of piperazine rings is 1. The van der Waals surface area contributed by atoms with Crippen LogP contribution in [-0.2, 0) is 35.7 Å². The van der Waals surface area contributed by atoms with Crippen molar-refractivity contribution in [2.24, 2.45) is 0 Å². The van der Waals surface area contributed by atoms with Crippen LogP contribution in [0.25, 0.3) is 0 Å². The van der Waals surface area contributed by atoms with Crippen LogP contribution in [0.2, 0.25) is 0 Å². The van der Waals surface area contributed by atoms with Crippen molar-refractivity contribution in [1.82, 2.24) is 24.7 Å². The molecule has 0 aromatic heterocycles. The molecule has 0 unspecified atom stereocenters. The summed E-state index contributed by atoms with van der Waals surface area (Å²) < 4.78 is 37.2. The Morgan fingerprint density at radius 1 is 1.07 bits per heavy atom. The van der Waals surface area contributed by atoms with Crippen molar-refractivity contribution in [1.29, 1.82) is 0 Å². The van der Waals surface area contributed by atoms with Gasteiger partial charge in [0.1, 0.15) is 30.1 Å². The number of aliphatic hydroxyl groups is 2. The molecule has 1 aromatic rings. The zero-order chi connectivity index (χ0) is 29.5. The molecule has 41 heavy (non-hydrogen) atoms. The molecule has 4 N–H and O–H groups in total. The van der Waals surface area contributed by atoms with Crippen LogP contribution in [0.3, 0.4) is 0 Å². The number of likely N-dealkylation sites (tertiary alicyclic amines) is 1. The lowest BCUT2D eigenvalue weighted by atomic mass is 10.0. The molecule has 4 saturated heterocycles. The van der Waals surface area contributed by atoms with Crippen LogP contribution in [0.4, 0.5) is 0 Å². The normalized spacial score (nSPS) is 33.9. The highest BCUT2D eigenvalue weighted by Crippen LogP contribution is 2.28. The van der Waals surface area contributed by atoms with Gasteiger partial charge in [-0.1, -0.05) is 12.1 Å². The maximum Gasteiger partial charge on any atom is 0.240 e. The van der Waals surface area contributed by atoms with Crippen molar-refractivity contribution in [2.45, 2.75) is 61.9 Å². The van der Waals surface area contributed by atoms with Crippen LogP contribution in [0.15, 0.2) is 24.3 Å². The molecular weight excluding hydrogens is 558 g/mol. The summed E-state index contributed by atoms with van der Waals surface area (Å²) in [6, 6.07) is 5.26. The number of sulfonamides is 1. The Labute approximate surface area is 238 Å². The summed E-state index contributed by atoms with van der Waals surface area (Å²) in [7, 11) is -2.21. The smallest absolute Gasteiger partial charge is 0.240 e. The molecule has 4 aliphatic rings. The van der Waals surface area contributed by atoms with Gasteiger partial charge < -0.3 is 35.2 Å². The second-order valence-electron chi connectivity index (χ2n) is 11.1. The van der Waals surface area contributed by atoms with E-state index in [1.54, 1.807) is 7.11 Å². The van der Waals surface area contributed by atoms with Gasteiger partial charge in [0.05, 0.1) is 31.9 Å². The summed E-state index contributed by atoms with van der Waals surface area (Å²) >= 11 is 0. The molecule has 14 nitrogen and oxygen atoms in total. The number of hydrogen-bond donors (Lipinski definition) is 4. The van der Waals surface area contributed by atoms with Gasteiger partial charge in [-0.25, -0.2) is 8.42 Å². The van der Waals surface area contributed by atoms with Gasteiger partial charge in [0, 0.05) is 45.3 Å². The van der Waals surface area contributed by atoms with E-state index in [0.717, 1.165) is 16.1 Å². The number of nitrogens with zero attached hydrogens (tertiary/aromatic N) is 3. The summed E-state index contributed by atoms with van der Waals surface area (Å²) in [5, 5.41) is 26.6. The number of carbonyl (C=O) groups excluding carboxylic acids is 3. The van der Waals surface area contributed by atoms with Crippen molar-refractivity contribution < 1.29 is 42.5 Å². The third-order valence-electron chi connectivity index (χ3n) is 8.27. The molecule has 226 valence electrons. The third kappa shape index (κ3) is 6.34. The molecule has 0 saturated carbocycles. The van der Waals surface area contributed by atoms with E-state index in [4.69, 9.17) is 9.47 Å². The lowest BCUT2D eigenvalue weighted by molar-refractivity contribution is -0.140. The number of benzene rings is 1. The maximum atomic E-state index is 13.9. The minimum absolute atomic E-state index is 0.0607. The SMILES string of the molecule is COc1cccc(CN2C[C@@H]3C[C@H]2C(=O)N2CCN(S(C)(=O)=O)[C@@H](C2)C(=O)NC[C@H]2O[C@@H](CC(=O)N3)[C@H](O)[C@@H]2O)c1. The summed E-state index contributed by atoms with van der Waals surface area (Å²) in [5.41, 5.74) is 0.904. The molecule has 6 bridgehead atoms. The number of hydrogen-bond acceptors (Lipinski definition) is 10. The van der Waals surface area contributed by atoms with E-state index in [-0.39, 0.29) is 50.5 Å². The topological polar surface area (TPSA) is 178 Å². The predicted octanol–water partition coefficient (Wildman–Crippen LogP) is -2.76. The van der Waals surface area contributed by atoms with E-state index in [1.165, 1.54) is 4.90 Å². The van der Waals surface area contributed by atoms with Crippen molar-refractivity contribution >= 4 is 27.7 Å². The van der Waals surface area contributed by atoms with Crippen LogP contribution in [0.1, 0.15) is 18.4 Å². The van der Waals surface area contributed by atoms with Gasteiger partial charge in [0.2, 0.25) is 27.7 Å². The van der Waals surface area contributed by atoms with Crippen LogP contribution in [0, 0.1) is 0 Å². The number of rotatable bonds is 4. The molecule has 15 heteroatoms. The second kappa shape index (κ2) is 11.8. The fourth-order valence-electron chi connectivity index (χ4n) is 6.18. The zero-order valence-corrected chi connectivity index (χ0v) is 23.8. The number of fused-ring (bicyclic) bond motifs is 6. The van der Waals surface area contributed by atoms with Crippen LogP contribution >= 0.6 is 0 Å². The first-order valence-corrected chi connectivity index (χ1v) is 15.5. The Balaban J connectivity index is 1.45. The number of amides is 3. The molecule has 0 radical (unpaired) electrons. The molecule has 4 fully saturated rings. The zero-order valence-electron chi connectivity index (χ0n) is 23.0. The Morgan fingerprint density at radius 3 is 2.56 bits per heavy atom. The monoisotopic (exact) mass is 595 g/mol. The first kappa shape index (κ1) is 29.7. The highest BCUT2D eigenvalue weighted by atomic mass is 32.2. The highest BCUT2D eigenvalue weighted by molar-refractivity contribution is 7.88. The highest BCUT2D eigenvalue weighted by Gasteiger charge is 2.47. The van der Waals surface area contributed by atoms with Crippen molar-refractivity contribution in [3.8, 4) is 5.75 Å². The average Bonchev–Trinajstić information content (AvgIpc) is 3.44. The molecule has 4 aliphatic heterocycles. The molecule has 0 spiro atoms. The number of nitrogens with one attached hydrogen (secondary N) is 2. The quantitative estimate of drug-likeness (QED) is 0.285. The van der Waals surface area contributed by atoms with Gasteiger partial charge in [0.25, 0.3) is 0 Å².